The predicted octanol–water partition coefficient (Wildman–Crippen LogP) is 2.63. The summed E-state index contributed by atoms with van der Waals surface area (Å²) in [5.41, 5.74) is 3.01. The Hall–Kier alpha value is -4.49. The summed E-state index contributed by atoms with van der Waals surface area (Å²) in [5.74, 6) is -0.681. The number of H-pyrrole nitrogens is 1. The smallest absolute Gasteiger partial charge is 0.232 e. The van der Waals surface area contributed by atoms with Crippen LogP contribution in [0.15, 0.2) is 0 Å². The summed E-state index contributed by atoms with van der Waals surface area (Å²) in [6.07, 6.45) is 2.49. The number of amides is 4. The molecular weight excluding hydrogens is 600 g/mol. The number of rotatable bonds is 7. The van der Waals surface area contributed by atoms with Gasteiger partial charge in [0, 0.05) is 71.2 Å². The van der Waals surface area contributed by atoms with E-state index in [1.54, 1.807) is 18.5 Å². The van der Waals surface area contributed by atoms with Crippen molar-refractivity contribution >= 4 is 41.0 Å². The van der Waals surface area contributed by atoms with E-state index in [0.717, 1.165) is 22.2 Å². The Labute approximate surface area is 272 Å². The first-order valence-corrected chi connectivity index (χ1v) is 16.3. The van der Waals surface area contributed by atoms with Crippen molar-refractivity contribution in [3.8, 4) is 0 Å². The van der Waals surface area contributed by atoms with Crippen LogP contribution in [0.25, 0.3) is 17.4 Å². The van der Waals surface area contributed by atoms with Crippen LogP contribution in [0, 0.1) is 11.8 Å². The van der Waals surface area contributed by atoms with Gasteiger partial charge in [-0.25, -0.2) is 4.98 Å². The molecule has 47 heavy (non-hydrogen) atoms. The molecule has 4 aromatic heterocycles. The van der Waals surface area contributed by atoms with Crippen LogP contribution in [0.3, 0.4) is 0 Å². The van der Waals surface area contributed by atoms with E-state index in [0.29, 0.717) is 22.9 Å². The molecule has 6 rings (SSSR count). The number of hydrogen-bond acceptors (Lipinski definition) is 9. The fourth-order valence-corrected chi connectivity index (χ4v) is 6.42. The highest BCUT2D eigenvalue weighted by atomic mass is 16.2. The van der Waals surface area contributed by atoms with Crippen LogP contribution in [0.5, 0.6) is 0 Å². The van der Waals surface area contributed by atoms with Crippen LogP contribution in [-0.4, -0.2) is 86.1 Å². The van der Waals surface area contributed by atoms with Crippen molar-refractivity contribution in [3.63, 3.8) is 0 Å². The van der Waals surface area contributed by atoms with E-state index in [1.807, 2.05) is 19.9 Å². The number of fused-ring (bicyclic) bond motifs is 2. The van der Waals surface area contributed by atoms with Gasteiger partial charge in [-0.05, 0) is 6.08 Å². The van der Waals surface area contributed by atoms with Crippen molar-refractivity contribution in [1.82, 2.24) is 49.4 Å². The van der Waals surface area contributed by atoms with E-state index < -0.39 is 0 Å². The average Bonchev–Trinajstić information content (AvgIpc) is 3.78. The highest BCUT2D eigenvalue weighted by Gasteiger charge is 2.38. The lowest BCUT2D eigenvalue weighted by Crippen LogP contribution is -2.34. The molecule has 2 saturated heterocycles. The van der Waals surface area contributed by atoms with E-state index in [2.05, 4.69) is 46.5 Å². The molecule has 0 saturated carbocycles. The maximum absolute atomic E-state index is 12.6. The Kier molecular flexibility index (Phi) is 7.63. The first-order valence-electron chi connectivity index (χ1n) is 16.3. The van der Waals surface area contributed by atoms with Crippen LogP contribution in [0.2, 0.25) is 0 Å². The molecule has 0 bridgehead atoms. The predicted molar refractivity (Wildman–Crippen MR) is 172 cm³/mol. The monoisotopic (exact) mass is 644 g/mol. The molecule has 14 heteroatoms. The number of aromatic amines is 1. The average molecular weight is 645 g/mol. The van der Waals surface area contributed by atoms with Crippen LogP contribution >= 0.6 is 0 Å². The second kappa shape index (κ2) is 11.1. The number of aromatic nitrogens is 8. The van der Waals surface area contributed by atoms with Gasteiger partial charge in [0.2, 0.25) is 23.6 Å². The standard InChI is InChI=1S/C33H44N10O4/c1-16-11-22(44)40(30(16)46)14-18(3)26-34-28-20(24(32(5,6)7)36-42(28)38-26)13-21-25(33(8,9)10)37-43-29(21)35-27(39-43)19(4)15-41-23(45)12-17(2)31(41)47/h13,16-19H,11-12,14-15H2,1-10H3,(H,34,38). The molecular formula is C33H44N10O4. The number of nitrogens with one attached hydrogen (secondary N) is 1. The zero-order chi connectivity index (χ0) is 34.3. The maximum Gasteiger partial charge on any atom is 0.232 e. The molecule has 4 unspecified atom stereocenters. The fourth-order valence-electron chi connectivity index (χ4n) is 6.42. The maximum atomic E-state index is 12.6. The lowest BCUT2D eigenvalue weighted by molar-refractivity contribution is -0.141. The van der Waals surface area contributed by atoms with Crippen molar-refractivity contribution in [2.75, 3.05) is 13.1 Å². The minimum absolute atomic E-state index is 0.153. The van der Waals surface area contributed by atoms with E-state index in [1.165, 1.54) is 14.4 Å². The molecule has 250 valence electrons. The van der Waals surface area contributed by atoms with Crippen LogP contribution in [-0.2, 0) is 30.0 Å². The number of nitrogens with zero attached hydrogens (tertiary/aromatic N) is 9. The minimum Gasteiger partial charge on any atom is -0.325 e. The summed E-state index contributed by atoms with van der Waals surface area (Å²) in [5, 5.41) is 20.0. The Balaban J connectivity index is 1.44. The summed E-state index contributed by atoms with van der Waals surface area (Å²) < 4.78 is 3.12. The lowest BCUT2D eigenvalue weighted by Gasteiger charge is -2.18. The molecule has 4 aromatic rings. The summed E-state index contributed by atoms with van der Waals surface area (Å²) >= 11 is 0. The van der Waals surface area contributed by atoms with E-state index in [-0.39, 0.29) is 84.1 Å². The van der Waals surface area contributed by atoms with Crippen molar-refractivity contribution in [3.05, 3.63) is 33.8 Å². The van der Waals surface area contributed by atoms with E-state index in [4.69, 9.17) is 25.4 Å². The molecule has 6 heterocycles. The molecule has 1 N–H and O–H groups in total. The first-order chi connectivity index (χ1) is 21.8. The summed E-state index contributed by atoms with van der Waals surface area (Å²) in [4.78, 5) is 61.1. The number of carbonyl (C=O) groups excluding carboxylic acids is 4. The zero-order valence-corrected chi connectivity index (χ0v) is 28.9. The quantitative estimate of drug-likeness (QED) is 0.298. The fraction of sp³-hybridized carbons (Fsp3) is 0.606. The van der Waals surface area contributed by atoms with E-state index >= 15 is 0 Å². The summed E-state index contributed by atoms with van der Waals surface area (Å²) in [6.45, 7) is 20.3. The van der Waals surface area contributed by atoms with Crippen molar-refractivity contribution in [2.24, 2.45) is 11.8 Å². The SMILES string of the molecule is CC1CC(=O)N(CC(C)c2nc3c(=Cc4c(C(C)(C)C)nn5nc(C(C)CN6C(=O)CC(C)C6=O)[nH]c45)c(C(C)(C)C)nn3n2)C1=O. The number of imide groups is 2. The Morgan fingerprint density at radius 2 is 1.30 bits per heavy atom. The van der Waals surface area contributed by atoms with Gasteiger partial charge in [0.05, 0.1) is 11.4 Å². The highest BCUT2D eigenvalue weighted by Crippen LogP contribution is 2.30. The zero-order valence-electron chi connectivity index (χ0n) is 28.9. The number of carbonyl (C=O) groups is 4. The van der Waals surface area contributed by atoms with Crippen LogP contribution in [0.1, 0.15) is 123 Å². The molecule has 0 aliphatic carbocycles. The van der Waals surface area contributed by atoms with Gasteiger partial charge in [0.1, 0.15) is 5.82 Å². The molecule has 4 amide bonds. The molecule has 2 aliphatic rings. The first kappa shape index (κ1) is 32.5. The summed E-state index contributed by atoms with van der Waals surface area (Å²) in [7, 11) is 0. The van der Waals surface area contributed by atoms with E-state index in [9.17, 15) is 19.2 Å². The molecule has 0 spiro atoms. The third-order valence-corrected chi connectivity index (χ3v) is 9.12. The minimum atomic E-state index is -0.349. The second-order valence-electron chi connectivity index (χ2n) is 15.5. The Morgan fingerprint density at radius 1 is 0.766 bits per heavy atom. The normalized spacial score (nSPS) is 21.4. The third kappa shape index (κ3) is 5.61. The van der Waals surface area contributed by atoms with Gasteiger partial charge >= 0.3 is 0 Å². The lowest BCUT2D eigenvalue weighted by atomic mass is 9.88. The van der Waals surface area contributed by atoms with Gasteiger partial charge < -0.3 is 4.98 Å². The van der Waals surface area contributed by atoms with Gasteiger partial charge in [0.15, 0.2) is 17.1 Å². The highest BCUT2D eigenvalue weighted by molar-refractivity contribution is 6.04. The summed E-state index contributed by atoms with van der Waals surface area (Å²) in [6, 6.07) is 0. The van der Waals surface area contributed by atoms with Gasteiger partial charge in [-0.1, -0.05) is 69.2 Å². The molecule has 2 fully saturated rings. The largest absolute Gasteiger partial charge is 0.325 e. The Bertz CT molecular complexity index is 1990. The molecule has 0 aromatic carbocycles. The number of likely N-dealkylation sites (tertiary alicyclic amines) is 2. The Morgan fingerprint density at radius 3 is 1.81 bits per heavy atom. The van der Waals surface area contributed by atoms with Gasteiger partial charge in [-0.3, -0.25) is 29.0 Å². The van der Waals surface area contributed by atoms with Gasteiger partial charge in [-0.2, -0.15) is 10.2 Å². The van der Waals surface area contributed by atoms with Crippen molar-refractivity contribution in [1.29, 1.82) is 0 Å². The third-order valence-electron chi connectivity index (χ3n) is 9.12. The van der Waals surface area contributed by atoms with Gasteiger partial charge in [0.25, 0.3) is 0 Å². The molecule has 14 nitrogen and oxygen atoms in total. The topological polar surface area (TPSA) is 164 Å². The van der Waals surface area contributed by atoms with Crippen molar-refractivity contribution < 1.29 is 19.2 Å². The molecule has 0 radical (unpaired) electrons. The second-order valence-corrected chi connectivity index (χ2v) is 15.5. The van der Waals surface area contributed by atoms with Crippen LogP contribution < -0.4 is 5.22 Å². The van der Waals surface area contributed by atoms with Crippen molar-refractivity contribution in [2.45, 2.75) is 105 Å². The molecule has 2 aliphatic heterocycles. The van der Waals surface area contributed by atoms with Gasteiger partial charge in [-0.15, -0.1) is 19.5 Å². The number of hydrogen-bond donors (Lipinski definition) is 1. The van der Waals surface area contributed by atoms with Crippen LogP contribution in [0.4, 0.5) is 0 Å². The molecule has 4 atom stereocenters.